The first-order chi connectivity index (χ1) is 9.74. The zero-order valence-corrected chi connectivity index (χ0v) is 13.3. The largest absolute Gasteiger partial charge is 0.573 e. The van der Waals surface area contributed by atoms with Crippen LogP contribution in [0.1, 0.15) is 0 Å². The molecular formula is C12H7Br2F3N2O2. The molecule has 0 atom stereocenters. The fourth-order valence-corrected chi connectivity index (χ4v) is 2.27. The van der Waals surface area contributed by atoms with Crippen molar-refractivity contribution in [3.63, 3.8) is 0 Å². The maximum atomic E-state index is 12.2. The maximum absolute atomic E-state index is 12.2. The number of nitrogens with zero attached hydrogens (tertiary/aromatic N) is 1. The van der Waals surface area contributed by atoms with Crippen LogP contribution >= 0.6 is 31.9 Å². The van der Waals surface area contributed by atoms with Gasteiger partial charge < -0.3 is 15.2 Å². The Balaban J connectivity index is 2.20. The zero-order valence-electron chi connectivity index (χ0n) is 10.1. The monoisotopic (exact) mass is 426 g/mol. The van der Waals surface area contributed by atoms with Gasteiger partial charge in [0.15, 0.2) is 0 Å². The fourth-order valence-electron chi connectivity index (χ4n) is 1.38. The van der Waals surface area contributed by atoms with Crippen molar-refractivity contribution >= 4 is 37.5 Å². The third-order valence-electron chi connectivity index (χ3n) is 2.17. The first-order valence-corrected chi connectivity index (χ1v) is 6.97. The van der Waals surface area contributed by atoms with E-state index in [0.717, 1.165) is 6.07 Å². The standard InChI is InChI=1S/C12H7Br2F3N2O2/c13-8-4-7(1-2-10(8)21-12(15,16)17)20-11-9(14)3-6(18)5-19-11/h1-5H,18H2. The highest BCUT2D eigenvalue weighted by Gasteiger charge is 2.32. The minimum Gasteiger partial charge on any atom is -0.438 e. The smallest absolute Gasteiger partial charge is 0.438 e. The number of halogens is 5. The van der Waals surface area contributed by atoms with Gasteiger partial charge in [-0.25, -0.2) is 4.98 Å². The highest BCUT2D eigenvalue weighted by Crippen LogP contribution is 2.35. The number of aromatic nitrogens is 1. The van der Waals surface area contributed by atoms with Gasteiger partial charge in [0.25, 0.3) is 0 Å². The molecule has 0 fully saturated rings. The average Bonchev–Trinajstić information content (AvgIpc) is 2.35. The van der Waals surface area contributed by atoms with E-state index >= 15 is 0 Å². The molecule has 0 unspecified atom stereocenters. The molecule has 1 aromatic heterocycles. The van der Waals surface area contributed by atoms with Gasteiger partial charge in [0.05, 0.1) is 20.8 Å². The van der Waals surface area contributed by atoms with Crippen LogP contribution in [-0.2, 0) is 0 Å². The van der Waals surface area contributed by atoms with E-state index in [4.69, 9.17) is 10.5 Å². The third kappa shape index (κ3) is 4.50. The normalized spacial score (nSPS) is 11.3. The van der Waals surface area contributed by atoms with Gasteiger partial charge in [-0.05, 0) is 56.1 Å². The summed E-state index contributed by atoms with van der Waals surface area (Å²) in [7, 11) is 0. The number of ether oxygens (including phenoxy) is 2. The minimum absolute atomic E-state index is 0.101. The molecule has 112 valence electrons. The lowest BCUT2D eigenvalue weighted by Crippen LogP contribution is -2.17. The number of nitrogen functional groups attached to an aromatic ring is 1. The number of alkyl halides is 3. The van der Waals surface area contributed by atoms with Crippen molar-refractivity contribution in [3.05, 3.63) is 39.4 Å². The van der Waals surface area contributed by atoms with Crippen molar-refractivity contribution in [3.8, 4) is 17.4 Å². The van der Waals surface area contributed by atoms with E-state index in [1.165, 1.54) is 18.3 Å². The molecule has 0 aliphatic carbocycles. The molecule has 0 bridgehead atoms. The number of hydrogen-bond acceptors (Lipinski definition) is 4. The van der Waals surface area contributed by atoms with Crippen molar-refractivity contribution in [1.82, 2.24) is 4.98 Å². The van der Waals surface area contributed by atoms with Gasteiger partial charge in [-0.3, -0.25) is 0 Å². The van der Waals surface area contributed by atoms with Gasteiger partial charge in [-0.15, -0.1) is 13.2 Å². The van der Waals surface area contributed by atoms with Gasteiger partial charge >= 0.3 is 6.36 Å². The minimum atomic E-state index is -4.76. The van der Waals surface area contributed by atoms with Gasteiger partial charge in [-0.2, -0.15) is 0 Å². The SMILES string of the molecule is Nc1cnc(Oc2ccc(OC(F)(F)F)c(Br)c2)c(Br)c1. The van der Waals surface area contributed by atoms with Crippen LogP contribution in [0.15, 0.2) is 39.4 Å². The van der Waals surface area contributed by atoms with Crippen LogP contribution in [0.3, 0.4) is 0 Å². The molecule has 1 aromatic carbocycles. The molecule has 2 aromatic rings. The van der Waals surface area contributed by atoms with Crippen molar-refractivity contribution in [1.29, 1.82) is 0 Å². The number of anilines is 1. The molecule has 0 saturated heterocycles. The van der Waals surface area contributed by atoms with E-state index in [1.807, 2.05) is 0 Å². The molecule has 1 heterocycles. The van der Waals surface area contributed by atoms with Crippen molar-refractivity contribution in [2.24, 2.45) is 0 Å². The predicted molar refractivity (Wildman–Crippen MR) is 77.2 cm³/mol. The van der Waals surface area contributed by atoms with E-state index in [2.05, 4.69) is 41.6 Å². The van der Waals surface area contributed by atoms with Crippen LogP contribution in [0.25, 0.3) is 0 Å². The Bertz CT molecular complexity index is 665. The average molecular weight is 428 g/mol. The highest BCUT2D eigenvalue weighted by atomic mass is 79.9. The quantitative estimate of drug-likeness (QED) is 0.758. The molecule has 0 radical (unpaired) electrons. The number of nitrogens with two attached hydrogens (primary N) is 1. The molecule has 2 N–H and O–H groups in total. The number of pyridine rings is 1. The van der Waals surface area contributed by atoms with E-state index in [-0.39, 0.29) is 21.9 Å². The van der Waals surface area contributed by atoms with Crippen LogP contribution in [-0.4, -0.2) is 11.3 Å². The molecule has 21 heavy (non-hydrogen) atoms. The molecule has 0 amide bonds. The van der Waals surface area contributed by atoms with Crippen molar-refractivity contribution in [2.45, 2.75) is 6.36 Å². The van der Waals surface area contributed by atoms with Gasteiger partial charge in [-0.1, -0.05) is 0 Å². The van der Waals surface area contributed by atoms with Gasteiger partial charge in [0.1, 0.15) is 11.5 Å². The number of rotatable bonds is 3. The van der Waals surface area contributed by atoms with Crippen LogP contribution < -0.4 is 15.2 Å². The molecule has 4 nitrogen and oxygen atoms in total. The van der Waals surface area contributed by atoms with Crippen LogP contribution in [0.2, 0.25) is 0 Å². The van der Waals surface area contributed by atoms with Crippen LogP contribution in [0.4, 0.5) is 18.9 Å². The fraction of sp³-hybridized carbons (Fsp3) is 0.0833. The molecule has 0 aliphatic heterocycles. The summed E-state index contributed by atoms with van der Waals surface area (Å²) in [4.78, 5) is 3.96. The van der Waals surface area contributed by atoms with E-state index < -0.39 is 6.36 Å². The topological polar surface area (TPSA) is 57.4 Å². The molecular weight excluding hydrogens is 421 g/mol. The predicted octanol–water partition coefficient (Wildman–Crippen LogP) is 4.88. The molecule has 9 heteroatoms. The van der Waals surface area contributed by atoms with Crippen molar-refractivity contribution < 1.29 is 22.6 Å². The second-order valence-electron chi connectivity index (χ2n) is 3.80. The summed E-state index contributed by atoms with van der Waals surface area (Å²) in [5.74, 6) is 0.161. The molecule has 2 rings (SSSR count). The summed E-state index contributed by atoms with van der Waals surface area (Å²) in [6.07, 6.45) is -3.36. The summed E-state index contributed by atoms with van der Waals surface area (Å²) < 4.78 is 46.4. The zero-order chi connectivity index (χ0) is 15.6. The third-order valence-corrected chi connectivity index (χ3v) is 3.36. The Kier molecular flexibility index (Phi) is 4.62. The molecule has 0 saturated carbocycles. The second-order valence-corrected chi connectivity index (χ2v) is 5.51. The lowest BCUT2D eigenvalue weighted by atomic mass is 10.3. The first-order valence-electron chi connectivity index (χ1n) is 5.39. The summed E-state index contributed by atoms with van der Waals surface area (Å²) in [5.41, 5.74) is 5.99. The van der Waals surface area contributed by atoms with Crippen molar-refractivity contribution in [2.75, 3.05) is 5.73 Å². The second kappa shape index (κ2) is 6.10. The van der Waals surface area contributed by atoms with E-state index in [9.17, 15) is 13.2 Å². The number of hydrogen-bond donors (Lipinski definition) is 1. The van der Waals surface area contributed by atoms with Crippen LogP contribution in [0, 0.1) is 0 Å². The Labute approximate surface area is 134 Å². The lowest BCUT2D eigenvalue weighted by Gasteiger charge is -2.12. The van der Waals surface area contributed by atoms with Gasteiger partial charge in [0, 0.05) is 0 Å². The Morgan fingerprint density at radius 1 is 1.10 bits per heavy atom. The lowest BCUT2D eigenvalue weighted by molar-refractivity contribution is -0.274. The summed E-state index contributed by atoms with van der Waals surface area (Å²) in [5, 5.41) is 0. The first kappa shape index (κ1) is 15.9. The molecule has 0 spiro atoms. The van der Waals surface area contributed by atoms with E-state index in [1.54, 1.807) is 6.07 Å². The number of benzene rings is 1. The maximum Gasteiger partial charge on any atom is 0.573 e. The molecule has 0 aliphatic rings. The summed E-state index contributed by atoms with van der Waals surface area (Å²) in [6, 6.07) is 5.40. The van der Waals surface area contributed by atoms with Gasteiger partial charge in [0.2, 0.25) is 5.88 Å². The van der Waals surface area contributed by atoms with E-state index in [0.29, 0.717) is 10.2 Å². The summed E-state index contributed by atoms with van der Waals surface area (Å²) in [6.45, 7) is 0. The Hall–Kier alpha value is -1.48. The summed E-state index contributed by atoms with van der Waals surface area (Å²) >= 11 is 6.21. The van der Waals surface area contributed by atoms with Crippen LogP contribution in [0.5, 0.6) is 17.4 Å². The Morgan fingerprint density at radius 2 is 1.81 bits per heavy atom. The Morgan fingerprint density at radius 3 is 2.38 bits per heavy atom. The highest BCUT2D eigenvalue weighted by molar-refractivity contribution is 9.10.